The van der Waals surface area contributed by atoms with Crippen LogP contribution < -0.4 is 0 Å². The van der Waals surface area contributed by atoms with Crippen LogP contribution in [0.15, 0.2) is 0 Å². The zero-order chi connectivity index (χ0) is 10.6. The van der Waals surface area contributed by atoms with Gasteiger partial charge in [0.2, 0.25) is 0 Å². The molecule has 1 fully saturated rings. The molecule has 1 aliphatic rings. The summed E-state index contributed by atoms with van der Waals surface area (Å²) in [5.74, 6) is -0.0681. The van der Waals surface area contributed by atoms with Crippen LogP contribution in [0.25, 0.3) is 0 Å². The lowest BCUT2D eigenvalue weighted by Crippen LogP contribution is -2.32. The van der Waals surface area contributed by atoms with Gasteiger partial charge < -0.3 is 4.74 Å². The fourth-order valence-corrected chi connectivity index (χ4v) is 1.94. The van der Waals surface area contributed by atoms with Crippen LogP contribution in [-0.2, 0) is 9.53 Å². The maximum atomic E-state index is 11.7. The number of carbonyl (C=O) groups excluding carboxylic acids is 1. The van der Waals surface area contributed by atoms with Crippen LogP contribution in [0.5, 0.6) is 0 Å². The second kappa shape index (κ2) is 4.87. The van der Waals surface area contributed by atoms with Crippen LogP contribution in [0.2, 0.25) is 0 Å². The molecule has 0 N–H and O–H groups in total. The molecule has 1 saturated carbocycles. The second-order valence-corrected chi connectivity index (χ2v) is 5.10. The van der Waals surface area contributed by atoms with Crippen LogP contribution in [0.1, 0.15) is 46.0 Å². The Kier molecular flexibility index (Phi) is 4.05. The zero-order valence-electron chi connectivity index (χ0n) is 8.97. The van der Waals surface area contributed by atoms with Crippen LogP contribution in [-0.4, -0.2) is 17.4 Å². The number of carbonyl (C=O) groups is 1. The highest BCUT2D eigenvalue weighted by Gasteiger charge is 2.35. The number of rotatable bonds is 3. The lowest BCUT2D eigenvalue weighted by Gasteiger charge is -2.30. The smallest absolute Gasteiger partial charge is 0.312 e. The minimum atomic E-state index is -0.247. The fraction of sp³-hybridized carbons (Fsp3) is 0.818. The molecule has 0 atom stereocenters. The van der Waals surface area contributed by atoms with Crippen molar-refractivity contribution in [3.63, 3.8) is 0 Å². The van der Waals surface area contributed by atoms with Gasteiger partial charge in [0.25, 0.3) is 0 Å². The van der Waals surface area contributed by atoms with Gasteiger partial charge in [-0.2, -0.15) is 0 Å². The highest BCUT2D eigenvalue weighted by Crippen LogP contribution is 2.36. The van der Waals surface area contributed by atoms with Crippen LogP contribution in [0, 0.1) is 5.41 Å². The summed E-state index contributed by atoms with van der Waals surface area (Å²) in [6, 6.07) is 0. The Bertz CT molecular complexity index is 229. The summed E-state index contributed by atoms with van der Waals surface area (Å²) in [6.45, 7) is 4.10. The van der Waals surface area contributed by atoms with E-state index in [-0.39, 0.29) is 11.4 Å². The molecular weight excluding hydrogens is 196 g/mol. The number of esters is 1. The predicted molar refractivity (Wildman–Crippen MR) is 60.4 cm³/mol. The number of hydrogen-bond acceptors (Lipinski definition) is 3. The summed E-state index contributed by atoms with van der Waals surface area (Å²) in [5, 5.41) is 0. The van der Waals surface area contributed by atoms with Gasteiger partial charge in [-0.1, -0.05) is 31.5 Å². The van der Waals surface area contributed by atoms with Gasteiger partial charge in [-0.25, -0.2) is 0 Å². The fourth-order valence-electron chi connectivity index (χ4n) is 1.88. The molecule has 0 aromatic heterocycles. The van der Waals surface area contributed by atoms with Gasteiger partial charge in [-0.05, 0) is 26.7 Å². The third-order valence-corrected chi connectivity index (χ3v) is 2.97. The first kappa shape index (κ1) is 11.6. The molecule has 0 bridgehead atoms. The molecule has 1 rings (SSSR count). The summed E-state index contributed by atoms with van der Waals surface area (Å²) in [4.78, 5) is 12.5. The zero-order valence-corrected chi connectivity index (χ0v) is 9.78. The molecule has 14 heavy (non-hydrogen) atoms. The average molecular weight is 214 g/mol. The van der Waals surface area contributed by atoms with Crippen molar-refractivity contribution in [2.45, 2.75) is 46.0 Å². The molecule has 0 unspecified atom stereocenters. The Morgan fingerprint density at radius 1 is 1.36 bits per heavy atom. The van der Waals surface area contributed by atoms with E-state index in [4.69, 9.17) is 17.0 Å². The summed E-state index contributed by atoms with van der Waals surface area (Å²) >= 11 is 4.87. The molecule has 0 spiro atoms. The molecular formula is C11H18O2S. The summed E-state index contributed by atoms with van der Waals surface area (Å²) < 4.78 is 5.17. The Hall–Kier alpha value is -0.440. The predicted octanol–water partition coefficient (Wildman–Crippen LogP) is 2.89. The van der Waals surface area contributed by atoms with Crippen LogP contribution >= 0.6 is 12.2 Å². The van der Waals surface area contributed by atoms with Crippen molar-refractivity contribution >= 4 is 23.1 Å². The van der Waals surface area contributed by atoms with Gasteiger partial charge in [0.1, 0.15) is 6.61 Å². The van der Waals surface area contributed by atoms with E-state index in [1.165, 1.54) is 6.42 Å². The SMILES string of the molecule is CC(=S)COC(=O)C1(C)CCCCC1. The minimum Gasteiger partial charge on any atom is -0.460 e. The first-order chi connectivity index (χ1) is 6.54. The number of ether oxygens (including phenoxy) is 1. The molecule has 0 heterocycles. The highest BCUT2D eigenvalue weighted by atomic mass is 32.1. The van der Waals surface area contributed by atoms with E-state index in [1.807, 2.05) is 6.92 Å². The van der Waals surface area contributed by atoms with Crippen molar-refractivity contribution in [3.05, 3.63) is 0 Å². The summed E-state index contributed by atoms with van der Waals surface area (Å²) in [5.41, 5.74) is -0.247. The van der Waals surface area contributed by atoms with E-state index < -0.39 is 0 Å². The number of thiocarbonyl (C=S) groups is 1. The van der Waals surface area contributed by atoms with E-state index in [1.54, 1.807) is 6.92 Å². The van der Waals surface area contributed by atoms with Gasteiger partial charge in [-0.3, -0.25) is 4.79 Å². The van der Waals surface area contributed by atoms with Crippen molar-refractivity contribution in [2.75, 3.05) is 6.61 Å². The van der Waals surface area contributed by atoms with Crippen molar-refractivity contribution in [3.8, 4) is 0 Å². The van der Waals surface area contributed by atoms with Gasteiger partial charge >= 0.3 is 5.97 Å². The molecule has 0 saturated heterocycles. The first-order valence-electron chi connectivity index (χ1n) is 5.21. The Morgan fingerprint density at radius 3 is 2.43 bits per heavy atom. The lowest BCUT2D eigenvalue weighted by molar-refractivity contribution is -0.155. The molecule has 1 aliphatic carbocycles. The van der Waals surface area contributed by atoms with E-state index in [2.05, 4.69) is 0 Å². The second-order valence-electron chi connectivity index (χ2n) is 4.40. The van der Waals surface area contributed by atoms with Gasteiger partial charge in [-0.15, -0.1) is 0 Å². The van der Waals surface area contributed by atoms with Gasteiger partial charge in [0.05, 0.1) is 5.41 Å². The Morgan fingerprint density at radius 2 is 1.93 bits per heavy atom. The lowest BCUT2D eigenvalue weighted by atomic mass is 9.76. The van der Waals surface area contributed by atoms with Crippen LogP contribution in [0.3, 0.4) is 0 Å². The molecule has 80 valence electrons. The van der Waals surface area contributed by atoms with Crippen LogP contribution in [0.4, 0.5) is 0 Å². The molecule has 0 radical (unpaired) electrons. The Labute approximate surface area is 91.0 Å². The minimum absolute atomic E-state index is 0.0681. The van der Waals surface area contributed by atoms with Gasteiger partial charge in [0.15, 0.2) is 0 Å². The topological polar surface area (TPSA) is 26.3 Å². The quantitative estimate of drug-likeness (QED) is 0.534. The van der Waals surface area contributed by atoms with Crippen molar-refractivity contribution in [1.82, 2.24) is 0 Å². The first-order valence-corrected chi connectivity index (χ1v) is 5.62. The van der Waals surface area contributed by atoms with E-state index in [0.29, 0.717) is 6.61 Å². The van der Waals surface area contributed by atoms with E-state index in [9.17, 15) is 4.79 Å². The third kappa shape index (κ3) is 3.05. The maximum Gasteiger partial charge on any atom is 0.312 e. The molecule has 0 aromatic rings. The molecule has 0 aliphatic heterocycles. The van der Waals surface area contributed by atoms with E-state index in [0.717, 1.165) is 30.5 Å². The van der Waals surface area contributed by atoms with E-state index >= 15 is 0 Å². The monoisotopic (exact) mass is 214 g/mol. The largest absolute Gasteiger partial charge is 0.460 e. The summed E-state index contributed by atoms with van der Waals surface area (Å²) in [7, 11) is 0. The normalized spacial score (nSPS) is 20.1. The summed E-state index contributed by atoms with van der Waals surface area (Å²) in [6.07, 6.45) is 5.45. The van der Waals surface area contributed by atoms with Crippen molar-refractivity contribution < 1.29 is 9.53 Å². The van der Waals surface area contributed by atoms with Gasteiger partial charge in [0, 0.05) is 4.86 Å². The molecule has 3 heteroatoms. The van der Waals surface area contributed by atoms with Crippen molar-refractivity contribution in [1.29, 1.82) is 0 Å². The number of hydrogen-bond donors (Lipinski definition) is 0. The highest BCUT2D eigenvalue weighted by molar-refractivity contribution is 7.80. The standard InChI is InChI=1S/C11H18O2S/c1-9(14)8-13-10(12)11(2)6-4-3-5-7-11/h3-8H2,1-2H3. The maximum absolute atomic E-state index is 11.7. The molecule has 0 amide bonds. The third-order valence-electron chi connectivity index (χ3n) is 2.86. The molecule has 0 aromatic carbocycles. The average Bonchev–Trinajstić information content (AvgIpc) is 2.15. The Balaban J connectivity index is 2.45. The van der Waals surface area contributed by atoms with Crippen molar-refractivity contribution in [2.24, 2.45) is 5.41 Å². The molecule has 2 nitrogen and oxygen atoms in total.